The molecule has 4 nitrogen and oxygen atoms in total. The van der Waals surface area contributed by atoms with E-state index in [4.69, 9.17) is 0 Å². The Labute approximate surface area is 119 Å². The number of rotatable bonds is 3. The molecule has 0 spiro atoms. The Balaban J connectivity index is 1.85. The zero-order valence-corrected chi connectivity index (χ0v) is 11.8. The molecule has 0 aliphatic carbocycles. The minimum atomic E-state index is 0.996. The number of aryl methyl sites for hydroxylation is 1. The maximum atomic E-state index is 4.41. The first-order chi connectivity index (χ1) is 9.86. The van der Waals surface area contributed by atoms with Gasteiger partial charge in [-0.15, -0.1) is 0 Å². The molecule has 1 fully saturated rings. The predicted octanol–water partition coefficient (Wildman–Crippen LogP) is 2.12. The number of anilines is 1. The molecule has 1 aromatic heterocycles. The molecule has 1 N–H and O–H groups in total. The lowest BCUT2D eigenvalue weighted by Gasteiger charge is -2.28. The van der Waals surface area contributed by atoms with Gasteiger partial charge >= 0.3 is 0 Å². The second kappa shape index (κ2) is 6.01. The molecule has 3 rings (SSSR count). The fourth-order valence-electron chi connectivity index (χ4n) is 2.48. The molecule has 4 heteroatoms. The third kappa shape index (κ3) is 2.80. The molecule has 1 aromatic carbocycles. The van der Waals surface area contributed by atoms with Gasteiger partial charge in [0.2, 0.25) is 0 Å². The standard InChI is InChI=1S/C16H20N4/c1-2-13-3-5-14(6-4-13)15-11-16(19-12-18-15)20-9-7-17-8-10-20/h3-6,11-12,17H,2,7-10H2,1H3. The third-order valence-corrected chi connectivity index (χ3v) is 3.75. The van der Waals surface area contributed by atoms with Crippen molar-refractivity contribution in [3.8, 4) is 11.3 Å². The molecule has 20 heavy (non-hydrogen) atoms. The number of benzene rings is 1. The first-order valence-electron chi connectivity index (χ1n) is 7.24. The monoisotopic (exact) mass is 268 g/mol. The number of nitrogens with zero attached hydrogens (tertiary/aromatic N) is 3. The van der Waals surface area contributed by atoms with E-state index in [2.05, 4.69) is 57.4 Å². The number of hydrogen-bond donors (Lipinski definition) is 1. The number of aromatic nitrogens is 2. The number of piperazine rings is 1. The first-order valence-corrected chi connectivity index (χ1v) is 7.24. The number of nitrogens with one attached hydrogen (secondary N) is 1. The van der Waals surface area contributed by atoms with Crippen molar-refractivity contribution in [2.75, 3.05) is 31.1 Å². The number of hydrogen-bond acceptors (Lipinski definition) is 4. The molecule has 1 aliphatic heterocycles. The molecule has 0 radical (unpaired) electrons. The molecule has 0 saturated carbocycles. The van der Waals surface area contributed by atoms with Crippen LogP contribution in [0, 0.1) is 0 Å². The Morgan fingerprint density at radius 2 is 1.85 bits per heavy atom. The largest absolute Gasteiger partial charge is 0.354 e. The lowest BCUT2D eigenvalue weighted by Crippen LogP contribution is -2.43. The van der Waals surface area contributed by atoms with Crippen LogP contribution in [0.2, 0.25) is 0 Å². The Bertz CT molecular complexity index is 559. The highest BCUT2D eigenvalue weighted by Gasteiger charge is 2.12. The summed E-state index contributed by atoms with van der Waals surface area (Å²) < 4.78 is 0. The smallest absolute Gasteiger partial charge is 0.132 e. The van der Waals surface area contributed by atoms with E-state index in [1.165, 1.54) is 5.56 Å². The van der Waals surface area contributed by atoms with Crippen molar-refractivity contribution in [1.82, 2.24) is 15.3 Å². The van der Waals surface area contributed by atoms with Gasteiger partial charge in [-0.3, -0.25) is 0 Å². The predicted molar refractivity (Wildman–Crippen MR) is 81.9 cm³/mol. The summed E-state index contributed by atoms with van der Waals surface area (Å²) in [5.74, 6) is 1.02. The maximum absolute atomic E-state index is 4.41. The van der Waals surface area contributed by atoms with Gasteiger partial charge in [0.1, 0.15) is 12.1 Å². The van der Waals surface area contributed by atoms with Gasteiger partial charge in [0.05, 0.1) is 5.69 Å². The summed E-state index contributed by atoms with van der Waals surface area (Å²) in [6, 6.07) is 10.7. The second-order valence-corrected chi connectivity index (χ2v) is 5.05. The normalized spacial score (nSPS) is 15.3. The highest BCUT2D eigenvalue weighted by atomic mass is 15.2. The van der Waals surface area contributed by atoms with Crippen LogP contribution in [0.15, 0.2) is 36.7 Å². The SMILES string of the molecule is CCc1ccc(-c2cc(N3CCNCC3)ncn2)cc1. The zero-order valence-electron chi connectivity index (χ0n) is 11.8. The van der Waals surface area contributed by atoms with Crippen LogP contribution in [0.25, 0.3) is 11.3 Å². The third-order valence-electron chi connectivity index (χ3n) is 3.75. The van der Waals surface area contributed by atoms with E-state index in [1.54, 1.807) is 6.33 Å². The Hall–Kier alpha value is -1.94. The molecule has 0 bridgehead atoms. The first kappa shape index (κ1) is 13.1. The van der Waals surface area contributed by atoms with Gasteiger partial charge in [-0.25, -0.2) is 9.97 Å². The summed E-state index contributed by atoms with van der Waals surface area (Å²) in [6.45, 7) is 6.22. The van der Waals surface area contributed by atoms with E-state index in [-0.39, 0.29) is 0 Å². The van der Waals surface area contributed by atoms with Gasteiger partial charge in [0.25, 0.3) is 0 Å². The van der Waals surface area contributed by atoms with Crippen LogP contribution >= 0.6 is 0 Å². The van der Waals surface area contributed by atoms with E-state index in [9.17, 15) is 0 Å². The summed E-state index contributed by atoms with van der Waals surface area (Å²) in [5, 5.41) is 3.36. The van der Waals surface area contributed by atoms with Crippen LogP contribution in [-0.4, -0.2) is 36.1 Å². The summed E-state index contributed by atoms with van der Waals surface area (Å²) in [5.41, 5.74) is 3.50. The Morgan fingerprint density at radius 1 is 1.10 bits per heavy atom. The molecule has 1 saturated heterocycles. The summed E-state index contributed by atoms with van der Waals surface area (Å²) >= 11 is 0. The molecular formula is C16H20N4. The lowest BCUT2D eigenvalue weighted by molar-refractivity contribution is 0.584. The fraction of sp³-hybridized carbons (Fsp3) is 0.375. The van der Waals surface area contributed by atoms with Crippen molar-refractivity contribution >= 4 is 5.82 Å². The highest BCUT2D eigenvalue weighted by Crippen LogP contribution is 2.21. The Kier molecular flexibility index (Phi) is 3.92. The van der Waals surface area contributed by atoms with Crippen LogP contribution in [0.3, 0.4) is 0 Å². The average molecular weight is 268 g/mol. The minimum Gasteiger partial charge on any atom is -0.354 e. The molecule has 104 valence electrons. The van der Waals surface area contributed by atoms with Crippen LogP contribution in [-0.2, 0) is 6.42 Å². The zero-order chi connectivity index (χ0) is 13.8. The van der Waals surface area contributed by atoms with E-state index in [0.717, 1.165) is 49.7 Å². The summed E-state index contributed by atoms with van der Waals surface area (Å²) in [6.07, 6.45) is 2.73. The van der Waals surface area contributed by atoms with Crippen LogP contribution in [0.5, 0.6) is 0 Å². The minimum absolute atomic E-state index is 0.996. The Morgan fingerprint density at radius 3 is 2.55 bits per heavy atom. The van der Waals surface area contributed by atoms with E-state index >= 15 is 0 Å². The van der Waals surface area contributed by atoms with Crippen molar-refractivity contribution in [3.63, 3.8) is 0 Å². The molecule has 0 unspecified atom stereocenters. The lowest BCUT2D eigenvalue weighted by atomic mass is 10.1. The molecule has 2 heterocycles. The molecule has 0 atom stereocenters. The van der Waals surface area contributed by atoms with Crippen molar-refractivity contribution < 1.29 is 0 Å². The van der Waals surface area contributed by atoms with Gasteiger partial charge < -0.3 is 10.2 Å². The van der Waals surface area contributed by atoms with E-state index < -0.39 is 0 Å². The maximum Gasteiger partial charge on any atom is 0.132 e. The van der Waals surface area contributed by atoms with Gasteiger partial charge in [-0.1, -0.05) is 31.2 Å². The second-order valence-electron chi connectivity index (χ2n) is 5.05. The van der Waals surface area contributed by atoms with Gasteiger partial charge in [-0.2, -0.15) is 0 Å². The van der Waals surface area contributed by atoms with Crippen molar-refractivity contribution in [2.24, 2.45) is 0 Å². The van der Waals surface area contributed by atoms with Crippen LogP contribution < -0.4 is 10.2 Å². The van der Waals surface area contributed by atoms with Crippen molar-refractivity contribution in [3.05, 3.63) is 42.2 Å². The molecular weight excluding hydrogens is 248 g/mol. The van der Waals surface area contributed by atoms with Crippen molar-refractivity contribution in [1.29, 1.82) is 0 Å². The van der Waals surface area contributed by atoms with E-state index in [1.807, 2.05) is 0 Å². The molecule has 2 aromatic rings. The quantitative estimate of drug-likeness (QED) is 0.925. The van der Waals surface area contributed by atoms with Crippen LogP contribution in [0.1, 0.15) is 12.5 Å². The van der Waals surface area contributed by atoms with Gasteiger partial charge in [0.15, 0.2) is 0 Å². The van der Waals surface area contributed by atoms with E-state index in [0.29, 0.717) is 0 Å². The van der Waals surface area contributed by atoms with Crippen LogP contribution in [0.4, 0.5) is 5.82 Å². The average Bonchev–Trinajstić information content (AvgIpc) is 2.56. The molecule has 0 amide bonds. The topological polar surface area (TPSA) is 41.0 Å². The van der Waals surface area contributed by atoms with Gasteiger partial charge in [-0.05, 0) is 12.0 Å². The highest BCUT2D eigenvalue weighted by molar-refractivity contribution is 5.62. The fourth-order valence-corrected chi connectivity index (χ4v) is 2.48. The summed E-state index contributed by atoms with van der Waals surface area (Å²) in [4.78, 5) is 11.1. The van der Waals surface area contributed by atoms with Gasteiger partial charge in [0, 0.05) is 37.8 Å². The summed E-state index contributed by atoms with van der Waals surface area (Å²) in [7, 11) is 0. The molecule has 1 aliphatic rings. The van der Waals surface area contributed by atoms with Crippen molar-refractivity contribution in [2.45, 2.75) is 13.3 Å².